The number of carboxylic acids is 1. The van der Waals surface area contributed by atoms with E-state index in [0.717, 1.165) is 29.2 Å². The minimum absolute atomic E-state index is 0.0112. The molecule has 3 rings (SSSR count). The van der Waals surface area contributed by atoms with Crippen molar-refractivity contribution in [1.29, 1.82) is 0 Å². The molecular formula is C21H20ClF3N6O5. The Bertz CT molecular complexity index is 1280. The number of nitrogens with zero attached hydrogens (tertiary/aromatic N) is 5. The average Bonchev–Trinajstić information content (AvgIpc) is 3.19. The number of pyridine rings is 1. The van der Waals surface area contributed by atoms with Gasteiger partial charge < -0.3 is 19.9 Å². The van der Waals surface area contributed by atoms with Crippen LogP contribution in [0, 0.1) is 17.5 Å². The monoisotopic (exact) mass is 528 g/mol. The number of aromatic nitrogens is 5. The van der Waals surface area contributed by atoms with Crippen LogP contribution in [-0.2, 0) is 16.1 Å². The summed E-state index contributed by atoms with van der Waals surface area (Å²) in [5, 5.41) is 22.8. The van der Waals surface area contributed by atoms with E-state index in [1.54, 1.807) is 20.8 Å². The highest BCUT2D eigenvalue weighted by atomic mass is 35.5. The van der Waals surface area contributed by atoms with Gasteiger partial charge in [-0.05, 0) is 44.2 Å². The van der Waals surface area contributed by atoms with Crippen LogP contribution in [0.1, 0.15) is 27.2 Å². The lowest BCUT2D eigenvalue weighted by molar-refractivity contribution is -0.137. The normalized spacial score (nSPS) is 12.2. The molecule has 0 saturated carbocycles. The number of carbonyl (C=O) groups is 2. The summed E-state index contributed by atoms with van der Waals surface area (Å²) in [6, 6.07) is 1.99. The fraction of sp³-hybridized carbons (Fsp3) is 0.333. The van der Waals surface area contributed by atoms with Crippen molar-refractivity contribution >= 4 is 23.7 Å². The number of aliphatic carboxylic acids is 1. The van der Waals surface area contributed by atoms with E-state index in [9.17, 15) is 22.8 Å². The molecule has 0 spiro atoms. The summed E-state index contributed by atoms with van der Waals surface area (Å²) >= 11 is 5.60. The average molecular weight is 529 g/mol. The van der Waals surface area contributed by atoms with E-state index >= 15 is 0 Å². The molecule has 2 N–H and O–H groups in total. The fourth-order valence-electron chi connectivity index (χ4n) is 2.84. The van der Waals surface area contributed by atoms with Gasteiger partial charge in [0.05, 0.1) is 29.6 Å². The second-order valence-corrected chi connectivity index (χ2v) is 8.83. The first-order chi connectivity index (χ1) is 16.8. The number of tetrazole rings is 1. The molecule has 1 amide bonds. The molecule has 36 heavy (non-hydrogen) atoms. The standard InChI is InChI=1S/C21H20ClF3N6O5/c1-21(2,3)36-20(34)27-11(7-15(32)33)9-31-29-18(28-30-31)12-4-5-14(17(25)16(12)24)35-19-13(23)6-10(22)8-26-19/h4-6,8,11H,7,9H2,1-3H3,(H,27,34)(H,32,33). The molecule has 2 heterocycles. The highest BCUT2D eigenvalue weighted by Crippen LogP contribution is 2.31. The molecule has 0 aliphatic carbocycles. The van der Waals surface area contributed by atoms with Gasteiger partial charge in [-0.15, -0.1) is 10.2 Å². The predicted octanol–water partition coefficient (Wildman–Crippen LogP) is 3.97. The van der Waals surface area contributed by atoms with Crippen molar-refractivity contribution in [2.45, 2.75) is 45.4 Å². The highest BCUT2D eigenvalue weighted by molar-refractivity contribution is 6.30. The fourth-order valence-corrected chi connectivity index (χ4v) is 2.98. The first-order valence-corrected chi connectivity index (χ1v) is 10.7. The molecule has 1 atom stereocenters. The van der Waals surface area contributed by atoms with E-state index < -0.39 is 64.8 Å². The van der Waals surface area contributed by atoms with Gasteiger partial charge in [0.2, 0.25) is 11.6 Å². The van der Waals surface area contributed by atoms with Gasteiger partial charge in [0.15, 0.2) is 17.4 Å². The molecule has 1 aromatic carbocycles. The van der Waals surface area contributed by atoms with E-state index in [0.29, 0.717) is 0 Å². The Hall–Kier alpha value is -3.94. The molecule has 0 aliphatic heterocycles. The molecule has 11 nitrogen and oxygen atoms in total. The van der Waals surface area contributed by atoms with Crippen LogP contribution in [0.5, 0.6) is 11.6 Å². The van der Waals surface area contributed by atoms with Crippen LogP contribution in [0.2, 0.25) is 5.02 Å². The zero-order chi connectivity index (χ0) is 26.6. The number of carbonyl (C=O) groups excluding carboxylic acids is 1. The number of halogens is 4. The maximum Gasteiger partial charge on any atom is 0.407 e. The summed E-state index contributed by atoms with van der Waals surface area (Å²) in [5.74, 6) is -6.67. The molecule has 0 bridgehead atoms. The van der Waals surface area contributed by atoms with Gasteiger partial charge in [0, 0.05) is 6.20 Å². The summed E-state index contributed by atoms with van der Waals surface area (Å²) in [6.45, 7) is 4.65. The van der Waals surface area contributed by atoms with E-state index in [-0.39, 0.29) is 17.4 Å². The number of alkyl carbamates (subject to hydrolysis) is 1. The Balaban J connectivity index is 1.77. The third kappa shape index (κ3) is 7.04. The van der Waals surface area contributed by atoms with Crippen LogP contribution in [0.3, 0.4) is 0 Å². The topological polar surface area (TPSA) is 141 Å². The van der Waals surface area contributed by atoms with Gasteiger partial charge in [-0.2, -0.15) is 9.19 Å². The molecule has 3 aromatic rings. The number of ether oxygens (including phenoxy) is 2. The van der Waals surface area contributed by atoms with E-state index in [1.807, 2.05) is 0 Å². The molecule has 0 radical (unpaired) electrons. The van der Waals surface area contributed by atoms with Gasteiger partial charge in [0.1, 0.15) is 5.60 Å². The Morgan fingerprint density at radius 1 is 1.22 bits per heavy atom. The molecule has 2 aromatic heterocycles. The number of hydrogen-bond acceptors (Lipinski definition) is 8. The van der Waals surface area contributed by atoms with Gasteiger partial charge in [-0.3, -0.25) is 4.79 Å². The molecule has 0 aliphatic rings. The van der Waals surface area contributed by atoms with E-state index in [1.165, 1.54) is 0 Å². The number of hydrogen-bond donors (Lipinski definition) is 2. The third-order valence-electron chi connectivity index (χ3n) is 4.25. The lowest BCUT2D eigenvalue weighted by Gasteiger charge is -2.22. The molecular weight excluding hydrogens is 509 g/mol. The van der Waals surface area contributed by atoms with Crippen LogP contribution < -0.4 is 10.1 Å². The van der Waals surface area contributed by atoms with Crippen LogP contribution in [0.25, 0.3) is 11.4 Å². The molecule has 15 heteroatoms. The van der Waals surface area contributed by atoms with E-state index in [2.05, 4.69) is 25.7 Å². The Morgan fingerprint density at radius 2 is 1.94 bits per heavy atom. The summed E-state index contributed by atoms with van der Waals surface area (Å²) in [5.41, 5.74) is -1.21. The lowest BCUT2D eigenvalue weighted by atomic mass is 10.2. The van der Waals surface area contributed by atoms with Crippen molar-refractivity contribution in [2.75, 3.05) is 0 Å². The minimum Gasteiger partial charge on any atom is -0.481 e. The van der Waals surface area contributed by atoms with Crippen LogP contribution in [0.4, 0.5) is 18.0 Å². The van der Waals surface area contributed by atoms with Crippen molar-refractivity contribution < 1.29 is 37.3 Å². The quantitative estimate of drug-likeness (QED) is 0.444. The summed E-state index contributed by atoms with van der Waals surface area (Å²) < 4.78 is 53.3. The second-order valence-electron chi connectivity index (χ2n) is 8.39. The van der Waals surface area contributed by atoms with Crippen molar-refractivity contribution in [1.82, 2.24) is 30.5 Å². The minimum atomic E-state index is -1.46. The molecule has 192 valence electrons. The van der Waals surface area contributed by atoms with Crippen LogP contribution in [0.15, 0.2) is 24.4 Å². The third-order valence-corrected chi connectivity index (χ3v) is 4.45. The molecule has 0 fully saturated rings. The summed E-state index contributed by atoms with van der Waals surface area (Å²) in [6.07, 6.45) is -0.287. The smallest absolute Gasteiger partial charge is 0.407 e. The second kappa shape index (κ2) is 10.8. The number of nitrogens with one attached hydrogen (secondary N) is 1. The van der Waals surface area contributed by atoms with Gasteiger partial charge in [-0.1, -0.05) is 11.6 Å². The van der Waals surface area contributed by atoms with Crippen LogP contribution in [-0.4, -0.2) is 54.0 Å². The van der Waals surface area contributed by atoms with Crippen molar-refractivity contribution in [3.63, 3.8) is 0 Å². The summed E-state index contributed by atoms with van der Waals surface area (Å²) in [4.78, 5) is 27.7. The zero-order valence-corrected chi connectivity index (χ0v) is 19.9. The Morgan fingerprint density at radius 3 is 2.58 bits per heavy atom. The number of rotatable bonds is 8. The lowest BCUT2D eigenvalue weighted by Crippen LogP contribution is -2.42. The van der Waals surface area contributed by atoms with Gasteiger partial charge in [0.25, 0.3) is 5.88 Å². The number of amides is 1. The number of benzene rings is 1. The first kappa shape index (κ1) is 26.7. The maximum absolute atomic E-state index is 14.7. The Kier molecular flexibility index (Phi) is 7.97. The predicted molar refractivity (Wildman–Crippen MR) is 118 cm³/mol. The van der Waals surface area contributed by atoms with Crippen molar-refractivity contribution in [3.8, 4) is 23.0 Å². The molecule has 0 saturated heterocycles. The Labute approximate surface area is 207 Å². The van der Waals surface area contributed by atoms with Crippen LogP contribution >= 0.6 is 11.6 Å². The molecule has 1 unspecified atom stereocenters. The first-order valence-electron chi connectivity index (χ1n) is 10.3. The largest absolute Gasteiger partial charge is 0.481 e. The number of carboxylic acid groups (broad SMARTS) is 1. The zero-order valence-electron chi connectivity index (χ0n) is 19.1. The van der Waals surface area contributed by atoms with E-state index in [4.69, 9.17) is 26.2 Å². The maximum atomic E-state index is 14.7. The summed E-state index contributed by atoms with van der Waals surface area (Å²) in [7, 11) is 0. The SMILES string of the molecule is CC(C)(C)OC(=O)NC(CC(=O)O)Cn1nnc(-c2ccc(Oc3ncc(Cl)cc3F)c(F)c2F)n1. The van der Waals surface area contributed by atoms with Crippen molar-refractivity contribution in [3.05, 3.63) is 46.9 Å². The van der Waals surface area contributed by atoms with Gasteiger partial charge >= 0.3 is 12.1 Å². The van der Waals surface area contributed by atoms with Crippen molar-refractivity contribution in [2.24, 2.45) is 0 Å². The van der Waals surface area contributed by atoms with Gasteiger partial charge in [-0.25, -0.2) is 18.6 Å². The highest BCUT2D eigenvalue weighted by Gasteiger charge is 2.24.